The van der Waals surface area contributed by atoms with Crippen molar-refractivity contribution in [2.75, 3.05) is 0 Å². The van der Waals surface area contributed by atoms with E-state index < -0.39 is 5.97 Å². The van der Waals surface area contributed by atoms with Gasteiger partial charge in [0.1, 0.15) is 5.76 Å². The van der Waals surface area contributed by atoms with Gasteiger partial charge in [0.15, 0.2) is 0 Å². The maximum atomic E-state index is 11.4. The van der Waals surface area contributed by atoms with E-state index in [1.165, 1.54) is 5.57 Å². The largest absolute Gasteiger partial charge is 0.478 e. The summed E-state index contributed by atoms with van der Waals surface area (Å²) in [6.45, 7) is 3.85. The molecule has 1 aliphatic carbocycles. The number of aromatic carboxylic acids is 1. The minimum absolute atomic E-state index is 0.253. The fourth-order valence-corrected chi connectivity index (χ4v) is 5.34. The Kier molecular flexibility index (Phi) is 5.68. The highest BCUT2D eigenvalue weighted by molar-refractivity contribution is 5.98. The summed E-state index contributed by atoms with van der Waals surface area (Å²) in [5.41, 5.74) is 9.99. The van der Waals surface area contributed by atoms with E-state index in [4.69, 9.17) is 14.5 Å². The van der Waals surface area contributed by atoms with Crippen molar-refractivity contribution >= 4 is 22.7 Å². The molecule has 4 heterocycles. The Labute approximate surface area is 214 Å². The number of benzene rings is 1. The molecule has 4 aromatic heterocycles. The summed E-state index contributed by atoms with van der Waals surface area (Å²) < 4.78 is 7.66. The van der Waals surface area contributed by atoms with Crippen LogP contribution in [0.3, 0.4) is 0 Å². The monoisotopic (exact) mass is 490 g/mol. The minimum Gasteiger partial charge on any atom is -0.478 e. The Hall–Kier alpha value is -4.52. The number of fused-ring (bicyclic) bond motifs is 1. The molecular formula is C30H26N4O3. The number of allylic oxidation sites excluding steroid dienone is 1. The molecule has 1 saturated carbocycles. The molecule has 0 bridgehead atoms. The number of pyridine rings is 2. The molecule has 0 atom stereocenters. The van der Waals surface area contributed by atoms with Crippen molar-refractivity contribution in [1.82, 2.24) is 19.7 Å². The van der Waals surface area contributed by atoms with Gasteiger partial charge in [0.05, 0.1) is 33.7 Å². The van der Waals surface area contributed by atoms with Crippen molar-refractivity contribution in [3.8, 4) is 22.3 Å². The van der Waals surface area contributed by atoms with Crippen LogP contribution in [-0.2, 0) is 0 Å². The third-order valence-corrected chi connectivity index (χ3v) is 7.10. The zero-order chi connectivity index (χ0) is 25.5. The van der Waals surface area contributed by atoms with E-state index in [1.54, 1.807) is 12.1 Å². The first-order valence-electron chi connectivity index (χ1n) is 12.4. The molecule has 7 heteroatoms. The predicted molar refractivity (Wildman–Crippen MR) is 142 cm³/mol. The number of rotatable bonds is 5. The van der Waals surface area contributed by atoms with Crippen LogP contribution in [0.15, 0.2) is 77.2 Å². The summed E-state index contributed by atoms with van der Waals surface area (Å²) in [5.74, 6) is -0.194. The molecule has 1 fully saturated rings. The van der Waals surface area contributed by atoms with Gasteiger partial charge in [0, 0.05) is 35.3 Å². The van der Waals surface area contributed by atoms with E-state index in [0.717, 1.165) is 81.8 Å². The number of carboxylic acid groups (broad SMARTS) is 1. The van der Waals surface area contributed by atoms with Crippen molar-refractivity contribution in [2.45, 2.75) is 39.5 Å². The molecule has 0 aliphatic heterocycles. The van der Waals surface area contributed by atoms with Gasteiger partial charge < -0.3 is 14.2 Å². The van der Waals surface area contributed by atoms with E-state index in [1.807, 2.05) is 50.5 Å². The molecule has 1 N–H and O–H groups in total. The van der Waals surface area contributed by atoms with Crippen molar-refractivity contribution in [3.05, 3.63) is 95.4 Å². The molecule has 6 rings (SSSR count). The van der Waals surface area contributed by atoms with Crippen LogP contribution in [0.2, 0.25) is 0 Å². The van der Waals surface area contributed by atoms with Crippen LogP contribution in [0.25, 0.3) is 39.0 Å². The van der Waals surface area contributed by atoms with Gasteiger partial charge in [0.25, 0.3) is 0 Å². The summed E-state index contributed by atoms with van der Waals surface area (Å²) in [5, 5.41) is 13.5. The third kappa shape index (κ3) is 4.02. The van der Waals surface area contributed by atoms with Crippen molar-refractivity contribution in [2.24, 2.45) is 0 Å². The van der Waals surface area contributed by atoms with Crippen molar-refractivity contribution in [3.63, 3.8) is 0 Å². The SMILES string of the molecule is Cc1noc(C)c1-c1cnc2c(-c3ccc(C(=O)O)cc3)cn(C(=C3CCCC3)c3ccccn3)c2c1. The smallest absolute Gasteiger partial charge is 0.335 e. The van der Waals surface area contributed by atoms with Gasteiger partial charge >= 0.3 is 5.97 Å². The fraction of sp³-hybridized carbons (Fsp3) is 0.200. The molecule has 0 spiro atoms. The van der Waals surface area contributed by atoms with Gasteiger partial charge in [-0.15, -0.1) is 0 Å². The Balaban J connectivity index is 1.64. The van der Waals surface area contributed by atoms with Crippen LogP contribution in [0.1, 0.15) is 53.2 Å². The average Bonchev–Trinajstić information content (AvgIpc) is 3.65. The van der Waals surface area contributed by atoms with Crippen LogP contribution in [0, 0.1) is 13.8 Å². The maximum absolute atomic E-state index is 11.4. The summed E-state index contributed by atoms with van der Waals surface area (Å²) >= 11 is 0. The van der Waals surface area contributed by atoms with Crippen LogP contribution >= 0.6 is 0 Å². The molecule has 0 radical (unpaired) electrons. The molecule has 0 amide bonds. The molecule has 5 aromatic rings. The van der Waals surface area contributed by atoms with Gasteiger partial charge in [-0.3, -0.25) is 9.97 Å². The number of carbonyl (C=O) groups is 1. The van der Waals surface area contributed by atoms with Gasteiger partial charge in [-0.2, -0.15) is 0 Å². The quantitative estimate of drug-likeness (QED) is 0.288. The first-order chi connectivity index (χ1) is 18.0. The molecule has 0 saturated heterocycles. The highest BCUT2D eigenvalue weighted by atomic mass is 16.5. The summed E-state index contributed by atoms with van der Waals surface area (Å²) in [6, 6.07) is 15.1. The number of hydrogen-bond donors (Lipinski definition) is 1. The molecule has 37 heavy (non-hydrogen) atoms. The molecule has 0 unspecified atom stereocenters. The second-order valence-corrected chi connectivity index (χ2v) is 9.46. The lowest BCUT2D eigenvalue weighted by atomic mass is 10.0. The second-order valence-electron chi connectivity index (χ2n) is 9.46. The highest BCUT2D eigenvalue weighted by Crippen LogP contribution is 2.39. The van der Waals surface area contributed by atoms with Crippen LogP contribution in [0.4, 0.5) is 0 Å². The van der Waals surface area contributed by atoms with Gasteiger partial charge in [-0.1, -0.05) is 23.4 Å². The number of aryl methyl sites for hydroxylation is 2. The lowest BCUT2D eigenvalue weighted by Crippen LogP contribution is -2.03. The number of aromatic nitrogens is 4. The Morgan fingerprint density at radius 1 is 1.00 bits per heavy atom. The molecule has 7 nitrogen and oxygen atoms in total. The second kappa shape index (κ2) is 9.17. The van der Waals surface area contributed by atoms with Gasteiger partial charge in [-0.25, -0.2) is 4.79 Å². The van der Waals surface area contributed by atoms with E-state index >= 15 is 0 Å². The standard InChI is InChI=1S/C30H26N4O3/c1-18-27(19(2)37-33-18)23-15-26-28(32-16-23)24(20-10-12-22(13-11-20)30(35)36)17-34(26)29(21-7-3-4-8-21)25-9-5-6-14-31-25/h5-6,9-17H,3-4,7-8H2,1-2H3,(H,35,36). The topological polar surface area (TPSA) is 94.0 Å². The van der Waals surface area contributed by atoms with Crippen molar-refractivity contribution in [1.29, 1.82) is 0 Å². The number of nitrogens with zero attached hydrogens (tertiary/aromatic N) is 4. The fourth-order valence-electron chi connectivity index (χ4n) is 5.34. The van der Waals surface area contributed by atoms with Crippen molar-refractivity contribution < 1.29 is 14.4 Å². The maximum Gasteiger partial charge on any atom is 0.335 e. The predicted octanol–water partition coefficient (Wildman–Crippen LogP) is 6.90. The molecule has 184 valence electrons. The van der Waals surface area contributed by atoms with E-state index in [-0.39, 0.29) is 5.56 Å². The zero-order valence-corrected chi connectivity index (χ0v) is 20.7. The lowest BCUT2D eigenvalue weighted by Gasteiger charge is -2.14. The van der Waals surface area contributed by atoms with Crippen LogP contribution in [0.5, 0.6) is 0 Å². The van der Waals surface area contributed by atoms with Crippen LogP contribution < -0.4 is 0 Å². The number of carboxylic acids is 1. The minimum atomic E-state index is -0.945. The third-order valence-electron chi connectivity index (χ3n) is 7.10. The van der Waals surface area contributed by atoms with Gasteiger partial charge in [0.2, 0.25) is 0 Å². The normalized spacial score (nSPS) is 13.4. The Bertz CT molecular complexity index is 1630. The van der Waals surface area contributed by atoms with Gasteiger partial charge in [-0.05, 0) is 81.0 Å². The summed E-state index contributed by atoms with van der Waals surface area (Å²) in [6.07, 6.45) is 10.2. The summed E-state index contributed by atoms with van der Waals surface area (Å²) in [4.78, 5) is 21.1. The summed E-state index contributed by atoms with van der Waals surface area (Å²) in [7, 11) is 0. The molecular weight excluding hydrogens is 464 g/mol. The van der Waals surface area contributed by atoms with E-state index in [0.29, 0.717) is 0 Å². The molecule has 1 aliphatic rings. The van der Waals surface area contributed by atoms with E-state index in [9.17, 15) is 9.90 Å². The average molecular weight is 491 g/mol. The van der Waals surface area contributed by atoms with Crippen LogP contribution in [-0.4, -0.2) is 30.8 Å². The first-order valence-corrected chi connectivity index (χ1v) is 12.4. The first kappa shape index (κ1) is 22.9. The highest BCUT2D eigenvalue weighted by Gasteiger charge is 2.22. The Morgan fingerprint density at radius 3 is 2.43 bits per heavy atom. The molecule has 1 aromatic carbocycles. The Morgan fingerprint density at radius 2 is 1.78 bits per heavy atom. The number of hydrogen-bond acceptors (Lipinski definition) is 5. The van der Waals surface area contributed by atoms with E-state index in [2.05, 4.69) is 28.1 Å². The zero-order valence-electron chi connectivity index (χ0n) is 20.7. The lowest BCUT2D eigenvalue weighted by molar-refractivity contribution is 0.0697.